The van der Waals surface area contributed by atoms with Gasteiger partial charge in [-0.3, -0.25) is 0 Å². The SMILES string of the molecule is CCC1(CC)CC(C)(C)Oc2ccc(NC(=O)Nc3ccc(C(F)(F)F)cc3)cc21. The van der Waals surface area contributed by atoms with Crippen molar-refractivity contribution in [2.45, 2.75) is 64.1 Å². The highest BCUT2D eigenvalue weighted by molar-refractivity contribution is 5.99. The first-order valence-corrected chi connectivity index (χ1v) is 10.1. The summed E-state index contributed by atoms with van der Waals surface area (Å²) < 4.78 is 44.2. The maximum atomic E-state index is 12.7. The Morgan fingerprint density at radius 3 is 2.13 bits per heavy atom. The third-order valence-corrected chi connectivity index (χ3v) is 5.78. The van der Waals surface area contributed by atoms with Crippen molar-refractivity contribution in [3.8, 4) is 5.75 Å². The fourth-order valence-electron chi connectivity index (χ4n) is 4.27. The molecule has 2 N–H and O–H groups in total. The molecule has 0 bridgehead atoms. The van der Waals surface area contributed by atoms with E-state index < -0.39 is 17.8 Å². The Labute approximate surface area is 174 Å². The van der Waals surface area contributed by atoms with Gasteiger partial charge >= 0.3 is 12.2 Å². The van der Waals surface area contributed by atoms with Gasteiger partial charge in [-0.15, -0.1) is 0 Å². The van der Waals surface area contributed by atoms with Crippen LogP contribution in [0.1, 0.15) is 58.1 Å². The summed E-state index contributed by atoms with van der Waals surface area (Å²) in [6.07, 6.45) is -1.64. The normalized spacial score (nSPS) is 16.9. The number of nitrogens with one attached hydrogen (secondary N) is 2. The van der Waals surface area contributed by atoms with Crippen molar-refractivity contribution in [1.82, 2.24) is 0 Å². The summed E-state index contributed by atoms with van der Waals surface area (Å²) in [5.74, 6) is 0.823. The third kappa shape index (κ3) is 4.55. The number of carbonyl (C=O) groups is 1. The van der Waals surface area contributed by atoms with Crippen LogP contribution in [-0.2, 0) is 11.6 Å². The van der Waals surface area contributed by atoms with Crippen molar-refractivity contribution in [2.24, 2.45) is 0 Å². The minimum atomic E-state index is -4.41. The molecule has 0 aliphatic carbocycles. The first kappa shape index (κ1) is 22.0. The van der Waals surface area contributed by atoms with Crippen LogP contribution in [0, 0.1) is 0 Å². The average molecular weight is 420 g/mol. The highest BCUT2D eigenvalue weighted by Crippen LogP contribution is 2.49. The van der Waals surface area contributed by atoms with Crippen molar-refractivity contribution in [2.75, 3.05) is 10.6 Å². The first-order chi connectivity index (χ1) is 14.0. The molecule has 0 saturated carbocycles. The zero-order valence-electron chi connectivity index (χ0n) is 17.6. The lowest BCUT2D eigenvalue weighted by Crippen LogP contribution is -2.43. The maximum Gasteiger partial charge on any atom is 0.416 e. The molecule has 1 aliphatic rings. The van der Waals surface area contributed by atoms with Gasteiger partial charge in [0.25, 0.3) is 0 Å². The number of amides is 2. The van der Waals surface area contributed by atoms with Gasteiger partial charge in [-0.25, -0.2) is 4.79 Å². The van der Waals surface area contributed by atoms with E-state index in [9.17, 15) is 18.0 Å². The van der Waals surface area contributed by atoms with E-state index in [0.29, 0.717) is 5.69 Å². The van der Waals surface area contributed by atoms with E-state index in [1.165, 1.54) is 12.1 Å². The lowest BCUT2D eigenvalue weighted by Gasteiger charge is -2.45. The first-order valence-electron chi connectivity index (χ1n) is 10.1. The summed E-state index contributed by atoms with van der Waals surface area (Å²) >= 11 is 0. The van der Waals surface area contributed by atoms with Gasteiger partial charge in [0.15, 0.2) is 0 Å². The molecule has 0 spiro atoms. The molecule has 2 aromatic carbocycles. The summed E-state index contributed by atoms with van der Waals surface area (Å²) in [6.45, 7) is 8.48. The van der Waals surface area contributed by atoms with Crippen LogP contribution in [0.15, 0.2) is 42.5 Å². The number of alkyl halides is 3. The van der Waals surface area contributed by atoms with Gasteiger partial charge in [0.05, 0.1) is 5.56 Å². The van der Waals surface area contributed by atoms with Crippen LogP contribution in [0.2, 0.25) is 0 Å². The number of anilines is 2. The predicted octanol–water partition coefficient (Wildman–Crippen LogP) is 6.97. The molecule has 30 heavy (non-hydrogen) atoms. The molecule has 162 valence electrons. The molecule has 0 radical (unpaired) electrons. The minimum absolute atomic E-state index is 0.0430. The summed E-state index contributed by atoms with van der Waals surface area (Å²) in [7, 11) is 0. The quantitative estimate of drug-likeness (QED) is 0.561. The number of rotatable bonds is 4. The largest absolute Gasteiger partial charge is 0.488 e. The molecule has 3 rings (SSSR count). The fourth-order valence-corrected chi connectivity index (χ4v) is 4.27. The van der Waals surface area contributed by atoms with Gasteiger partial charge < -0.3 is 15.4 Å². The zero-order valence-corrected chi connectivity index (χ0v) is 17.6. The number of fused-ring (bicyclic) bond motifs is 1. The van der Waals surface area contributed by atoms with Crippen molar-refractivity contribution in [1.29, 1.82) is 0 Å². The smallest absolute Gasteiger partial charge is 0.416 e. The molecular formula is C23H27F3N2O2. The molecule has 0 atom stereocenters. The Kier molecular flexibility index (Phi) is 5.76. The number of hydrogen-bond acceptors (Lipinski definition) is 2. The standard InChI is InChI=1S/C23H27F3N2O2/c1-5-22(6-2)14-21(3,4)30-19-12-11-17(13-18(19)22)28-20(29)27-16-9-7-15(8-10-16)23(24,25)26/h7-13H,5-6,14H2,1-4H3,(H2,27,28,29). The molecule has 0 fully saturated rings. The summed E-state index contributed by atoms with van der Waals surface area (Å²) in [5.41, 5.74) is 0.875. The Morgan fingerprint density at radius 1 is 1.00 bits per heavy atom. The Morgan fingerprint density at radius 2 is 1.57 bits per heavy atom. The molecule has 7 heteroatoms. The van der Waals surface area contributed by atoms with Gasteiger partial charge in [0, 0.05) is 22.4 Å². The molecule has 2 aromatic rings. The number of urea groups is 1. The van der Waals surface area contributed by atoms with Crippen molar-refractivity contribution in [3.63, 3.8) is 0 Å². The lowest BCUT2D eigenvalue weighted by atomic mass is 9.67. The summed E-state index contributed by atoms with van der Waals surface area (Å²) in [5, 5.41) is 5.33. The number of carbonyl (C=O) groups excluding carboxylic acids is 1. The molecule has 2 amide bonds. The van der Waals surface area contributed by atoms with E-state index >= 15 is 0 Å². The second-order valence-electron chi connectivity index (χ2n) is 8.39. The van der Waals surface area contributed by atoms with Crippen LogP contribution in [0.5, 0.6) is 5.75 Å². The van der Waals surface area contributed by atoms with Gasteiger partial charge in [-0.1, -0.05) is 13.8 Å². The highest BCUT2D eigenvalue weighted by Gasteiger charge is 2.43. The van der Waals surface area contributed by atoms with Crippen LogP contribution in [0.4, 0.5) is 29.3 Å². The summed E-state index contributed by atoms with van der Waals surface area (Å²) in [6, 6.07) is 9.37. The highest BCUT2D eigenvalue weighted by atomic mass is 19.4. The molecule has 4 nitrogen and oxygen atoms in total. The lowest BCUT2D eigenvalue weighted by molar-refractivity contribution is -0.137. The van der Waals surface area contributed by atoms with Gasteiger partial charge in [-0.2, -0.15) is 13.2 Å². The zero-order chi connectivity index (χ0) is 22.2. The Balaban J connectivity index is 1.77. The second-order valence-corrected chi connectivity index (χ2v) is 8.39. The van der Waals surface area contributed by atoms with Crippen molar-refractivity contribution < 1.29 is 22.7 Å². The molecular weight excluding hydrogens is 393 g/mol. The van der Waals surface area contributed by atoms with E-state index in [4.69, 9.17) is 4.74 Å². The van der Waals surface area contributed by atoms with Crippen LogP contribution in [0.3, 0.4) is 0 Å². The van der Waals surface area contributed by atoms with Gasteiger partial charge in [0.2, 0.25) is 0 Å². The summed E-state index contributed by atoms with van der Waals surface area (Å²) in [4.78, 5) is 12.4. The van der Waals surface area contributed by atoms with E-state index in [2.05, 4.69) is 38.3 Å². The molecule has 0 aromatic heterocycles. The predicted molar refractivity (Wildman–Crippen MR) is 112 cm³/mol. The monoisotopic (exact) mass is 420 g/mol. The Bertz CT molecular complexity index is 917. The second kappa shape index (κ2) is 7.85. The molecule has 1 aliphatic heterocycles. The minimum Gasteiger partial charge on any atom is -0.488 e. The van der Waals surface area contributed by atoms with Gasteiger partial charge in [-0.05, 0) is 75.6 Å². The Hall–Kier alpha value is -2.70. The van der Waals surface area contributed by atoms with Crippen molar-refractivity contribution in [3.05, 3.63) is 53.6 Å². The van der Waals surface area contributed by atoms with Crippen molar-refractivity contribution >= 4 is 17.4 Å². The average Bonchev–Trinajstić information content (AvgIpc) is 2.66. The fraction of sp³-hybridized carbons (Fsp3) is 0.435. The van der Waals surface area contributed by atoms with E-state index in [0.717, 1.165) is 42.7 Å². The maximum absolute atomic E-state index is 12.7. The van der Waals surface area contributed by atoms with E-state index in [-0.39, 0.29) is 16.7 Å². The van der Waals surface area contributed by atoms with Crippen LogP contribution in [-0.4, -0.2) is 11.6 Å². The van der Waals surface area contributed by atoms with Crippen LogP contribution in [0.25, 0.3) is 0 Å². The number of benzene rings is 2. The number of halogens is 3. The van der Waals surface area contributed by atoms with E-state index in [1.54, 1.807) is 6.07 Å². The number of hydrogen-bond donors (Lipinski definition) is 2. The van der Waals surface area contributed by atoms with Crippen LogP contribution >= 0.6 is 0 Å². The number of ether oxygens (including phenoxy) is 1. The topological polar surface area (TPSA) is 50.4 Å². The van der Waals surface area contributed by atoms with Crippen LogP contribution < -0.4 is 15.4 Å². The van der Waals surface area contributed by atoms with E-state index in [1.807, 2.05) is 12.1 Å². The third-order valence-electron chi connectivity index (χ3n) is 5.78. The molecule has 0 unspecified atom stereocenters. The molecule has 1 heterocycles. The molecule has 0 saturated heterocycles. The van der Waals surface area contributed by atoms with Gasteiger partial charge in [0.1, 0.15) is 11.4 Å².